The first-order chi connectivity index (χ1) is 9.45. The number of nitrogens with zero attached hydrogens (tertiary/aromatic N) is 2. The van der Waals surface area contributed by atoms with Gasteiger partial charge in [-0.05, 0) is 36.2 Å². The quantitative estimate of drug-likeness (QED) is 0.913. The van der Waals surface area contributed by atoms with Gasteiger partial charge < -0.3 is 5.11 Å². The van der Waals surface area contributed by atoms with Crippen molar-refractivity contribution in [2.75, 3.05) is 7.05 Å². The number of rotatable bonds is 5. The lowest BCUT2D eigenvalue weighted by Crippen LogP contribution is -2.25. The molecular weight excluding hydrogens is 296 g/mol. The molecule has 0 saturated heterocycles. The van der Waals surface area contributed by atoms with Gasteiger partial charge in [0.1, 0.15) is 4.21 Å². The lowest BCUT2D eigenvalue weighted by atomic mass is 10.3. The normalized spacial score (nSPS) is 12.0. The molecule has 1 N–H and O–H groups in total. The molecule has 2 aromatic rings. The van der Waals surface area contributed by atoms with E-state index in [0.29, 0.717) is 4.88 Å². The number of aliphatic hydroxyl groups is 1. The smallest absolute Gasteiger partial charge is 0.252 e. The second-order valence-electron chi connectivity index (χ2n) is 4.45. The summed E-state index contributed by atoms with van der Waals surface area (Å²) in [6.45, 7) is 1.94. The summed E-state index contributed by atoms with van der Waals surface area (Å²) in [5.41, 5.74) is 1.68. The summed E-state index contributed by atoms with van der Waals surface area (Å²) in [7, 11) is -1.98. The van der Waals surface area contributed by atoms with E-state index in [-0.39, 0.29) is 17.4 Å². The highest BCUT2D eigenvalue weighted by atomic mass is 32.2. The number of aryl methyl sites for hydroxylation is 1. The van der Waals surface area contributed by atoms with Crippen LogP contribution in [0.15, 0.2) is 34.8 Å². The van der Waals surface area contributed by atoms with Crippen LogP contribution < -0.4 is 0 Å². The van der Waals surface area contributed by atoms with Crippen LogP contribution in [0.4, 0.5) is 0 Å². The molecule has 0 spiro atoms. The van der Waals surface area contributed by atoms with E-state index in [1.54, 1.807) is 44.6 Å². The molecule has 0 radical (unpaired) electrons. The van der Waals surface area contributed by atoms with Gasteiger partial charge in [-0.3, -0.25) is 4.98 Å². The molecule has 0 atom stereocenters. The van der Waals surface area contributed by atoms with Gasteiger partial charge in [-0.25, -0.2) is 8.42 Å². The topological polar surface area (TPSA) is 70.5 Å². The Morgan fingerprint density at radius 1 is 1.35 bits per heavy atom. The van der Waals surface area contributed by atoms with Gasteiger partial charge in [-0.15, -0.1) is 11.3 Å². The lowest BCUT2D eigenvalue weighted by molar-refractivity contribution is 0.285. The first-order valence-corrected chi connectivity index (χ1v) is 8.26. The minimum Gasteiger partial charge on any atom is -0.391 e. The fraction of sp³-hybridized carbons (Fsp3) is 0.308. The highest BCUT2D eigenvalue weighted by Gasteiger charge is 2.24. The fourth-order valence-corrected chi connectivity index (χ4v) is 4.58. The molecule has 0 aliphatic heterocycles. The van der Waals surface area contributed by atoms with Crippen LogP contribution in [0.2, 0.25) is 0 Å². The van der Waals surface area contributed by atoms with Gasteiger partial charge >= 0.3 is 0 Å². The van der Waals surface area contributed by atoms with Crippen LogP contribution in [0, 0.1) is 6.92 Å². The van der Waals surface area contributed by atoms with Crippen molar-refractivity contribution in [2.24, 2.45) is 0 Å². The van der Waals surface area contributed by atoms with E-state index in [9.17, 15) is 8.42 Å². The third-order valence-corrected chi connectivity index (χ3v) is 6.44. The predicted molar refractivity (Wildman–Crippen MR) is 77.9 cm³/mol. The van der Waals surface area contributed by atoms with Crippen LogP contribution in [-0.2, 0) is 23.2 Å². The molecule has 2 heterocycles. The average Bonchev–Trinajstić information content (AvgIpc) is 2.81. The van der Waals surface area contributed by atoms with E-state index in [4.69, 9.17) is 5.11 Å². The zero-order valence-corrected chi connectivity index (χ0v) is 12.9. The Morgan fingerprint density at radius 2 is 2.00 bits per heavy atom. The summed E-state index contributed by atoms with van der Waals surface area (Å²) in [6.07, 6.45) is 3.27. The molecule has 0 aliphatic rings. The number of sulfonamides is 1. The van der Waals surface area contributed by atoms with Crippen LogP contribution in [-0.4, -0.2) is 29.9 Å². The van der Waals surface area contributed by atoms with Crippen LogP contribution in [0.5, 0.6) is 0 Å². The van der Waals surface area contributed by atoms with Gasteiger partial charge in [0, 0.05) is 30.9 Å². The van der Waals surface area contributed by atoms with Crippen LogP contribution in [0.1, 0.15) is 16.0 Å². The zero-order chi connectivity index (χ0) is 14.8. The molecule has 0 amide bonds. The average molecular weight is 312 g/mol. The summed E-state index contributed by atoms with van der Waals surface area (Å²) in [4.78, 5) is 4.59. The largest absolute Gasteiger partial charge is 0.391 e. The van der Waals surface area contributed by atoms with E-state index < -0.39 is 10.0 Å². The lowest BCUT2D eigenvalue weighted by Gasteiger charge is -2.15. The Hall–Kier alpha value is -1.28. The summed E-state index contributed by atoms with van der Waals surface area (Å²) >= 11 is 1.11. The Balaban J connectivity index is 2.25. The molecule has 2 rings (SSSR count). The van der Waals surface area contributed by atoms with E-state index in [2.05, 4.69) is 4.98 Å². The van der Waals surface area contributed by atoms with Crippen molar-refractivity contribution < 1.29 is 13.5 Å². The van der Waals surface area contributed by atoms with Crippen molar-refractivity contribution in [1.82, 2.24) is 9.29 Å². The van der Waals surface area contributed by atoms with Crippen LogP contribution >= 0.6 is 11.3 Å². The maximum absolute atomic E-state index is 12.5. The number of hydrogen-bond donors (Lipinski definition) is 1. The molecule has 0 fully saturated rings. The Bertz CT molecular complexity index is 681. The van der Waals surface area contributed by atoms with E-state index in [1.165, 1.54) is 4.31 Å². The second-order valence-corrected chi connectivity index (χ2v) is 7.85. The molecule has 0 aromatic carbocycles. The standard InChI is InChI=1S/C13H16N2O3S2/c1-10-7-13(19-12(10)9-16)20(17,18)15(2)8-11-3-5-14-6-4-11/h3-7,16H,8-9H2,1-2H3. The minimum absolute atomic E-state index is 0.139. The second kappa shape index (κ2) is 6.01. The number of hydrogen-bond acceptors (Lipinski definition) is 5. The number of pyridine rings is 1. The third-order valence-electron chi connectivity index (χ3n) is 2.96. The Kier molecular flexibility index (Phi) is 4.54. The van der Waals surface area contributed by atoms with Crippen molar-refractivity contribution in [3.8, 4) is 0 Å². The SMILES string of the molecule is Cc1cc(S(=O)(=O)N(C)Cc2ccncc2)sc1CO. The maximum Gasteiger partial charge on any atom is 0.252 e. The molecule has 5 nitrogen and oxygen atoms in total. The van der Waals surface area contributed by atoms with Gasteiger partial charge in [0.15, 0.2) is 0 Å². The first kappa shape index (κ1) is 15.1. The molecule has 0 unspecified atom stereocenters. The van der Waals surface area contributed by atoms with E-state index >= 15 is 0 Å². The van der Waals surface area contributed by atoms with Crippen molar-refractivity contribution in [1.29, 1.82) is 0 Å². The van der Waals surface area contributed by atoms with Gasteiger partial charge in [-0.2, -0.15) is 4.31 Å². The molecule has 0 aliphatic carbocycles. The fourth-order valence-electron chi connectivity index (χ4n) is 1.76. The summed E-state index contributed by atoms with van der Waals surface area (Å²) in [6, 6.07) is 5.17. The van der Waals surface area contributed by atoms with Crippen LogP contribution in [0.25, 0.3) is 0 Å². The zero-order valence-electron chi connectivity index (χ0n) is 11.3. The van der Waals surface area contributed by atoms with Gasteiger partial charge in [0.05, 0.1) is 6.61 Å². The van der Waals surface area contributed by atoms with Gasteiger partial charge in [-0.1, -0.05) is 0 Å². The summed E-state index contributed by atoms with van der Waals surface area (Å²) in [5, 5.41) is 9.17. The number of aliphatic hydroxyl groups excluding tert-OH is 1. The highest BCUT2D eigenvalue weighted by molar-refractivity contribution is 7.91. The minimum atomic E-state index is -3.53. The maximum atomic E-state index is 12.5. The van der Waals surface area contributed by atoms with Gasteiger partial charge in [0.25, 0.3) is 10.0 Å². The van der Waals surface area contributed by atoms with Crippen molar-refractivity contribution in [2.45, 2.75) is 24.3 Å². The molecule has 0 bridgehead atoms. The summed E-state index contributed by atoms with van der Waals surface area (Å²) in [5.74, 6) is 0. The number of aromatic nitrogens is 1. The predicted octanol–water partition coefficient (Wildman–Crippen LogP) is 1.76. The Morgan fingerprint density at radius 3 is 2.55 bits per heavy atom. The van der Waals surface area contributed by atoms with Crippen molar-refractivity contribution >= 4 is 21.4 Å². The molecule has 108 valence electrons. The third kappa shape index (κ3) is 3.06. The van der Waals surface area contributed by atoms with Gasteiger partial charge in [0.2, 0.25) is 0 Å². The monoisotopic (exact) mass is 312 g/mol. The summed E-state index contributed by atoms with van der Waals surface area (Å²) < 4.78 is 26.5. The van der Waals surface area contributed by atoms with Crippen molar-refractivity contribution in [3.63, 3.8) is 0 Å². The van der Waals surface area contributed by atoms with Crippen LogP contribution in [0.3, 0.4) is 0 Å². The highest BCUT2D eigenvalue weighted by Crippen LogP contribution is 2.28. The van der Waals surface area contributed by atoms with Crippen molar-refractivity contribution in [3.05, 3.63) is 46.6 Å². The molecule has 7 heteroatoms. The number of thiophene rings is 1. The molecule has 20 heavy (non-hydrogen) atoms. The van der Waals surface area contributed by atoms with E-state index in [0.717, 1.165) is 22.5 Å². The molecule has 0 saturated carbocycles. The first-order valence-electron chi connectivity index (χ1n) is 6.00. The Labute approximate surface area is 122 Å². The molecular formula is C13H16N2O3S2. The van der Waals surface area contributed by atoms with E-state index in [1.807, 2.05) is 0 Å². The molecule has 2 aromatic heterocycles.